The largest absolute Gasteiger partial charge is 0.492 e. The Labute approximate surface area is 121 Å². The molecule has 1 fully saturated rings. The average molecular weight is 279 g/mol. The lowest BCUT2D eigenvalue weighted by Crippen LogP contribution is -2.41. The Hall–Kier alpha value is -0.670. The highest BCUT2D eigenvalue weighted by Gasteiger charge is 2.27. The molecule has 1 N–H and O–H groups in total. The normalized spacial score (nSPS) is 22.2. The molecule has 1 aliphatic rings. The summed E-state index contributed by atoms with van der Waals surface area (Å²) in [5.41, 5.74) is 1.72. The summed E-state index contributed by atoms with van der Waals surface area (Å²) in [7, 11) is 0. The first-order valence-corrected chi connectivity index (χ1v) is 8.21. The number of nitrogens with one attached hydrogen (secondary N) is 1. The molecule has 0 spiro atoms. The van der Waals surface area contributed by atoms with E-state index >= 15 is 0 Å². The number of benzene rings is 1. The molecule has 0 aromatic heterocycles. The second-order valence-corrected chi connectivity index (χ2v) is 7.23. The second kappa shape index (κ2) is 6.67. The van der Waals surface area contributed by atoms with Crippen molar-refractivity contribution in [3.05, 3.63) is 29.8 Å². The van der Waals surface area contributed by atoms with Crippen LogP contribution in [0.3, 0.4) is 0 Å². The molecule has 1 aromatic rings. The number of rotatable bonds is 5. The van der Waals surface area contributed by atoms with Crippen LogP contribution in [0.15, 0.2) is 24.3 Å². The monoisotopic (exact) mass is 279 g/mol. The first-order valence-electron chi connectivity index (χ1n) is 7.06. The third-order valence-corrected chi connectivity index (χ3v) is 5.03. The topological polar surface area (TPSA) is 21.3 Å². The van der Waals surface area contributed by atoms with Crippen LogP contribution in [0.5, 0.6) is 5.75 Å². The van der Waals surface area contributed by atoms with Crippen molar-refractivity contribution in [3.8, 4) is 5.75 Å². The fraction of sp³-hybridized carbons (Fsp3) is 0.625. The van der Waals surface area contributed by atoms with Crippen LogP contribution in [-0.4, -0.2) is 30.7 Å². The number of hydrogen-bond donors (Lipinski definition) is 1. The second-order valence-electron chi connectivity index (χ2n) is 6.20. The van der Waals surface area contributed by atoms with Crippen molar-refractivity contribution in [2.75, 3.05) is 24.7 Å². The van der Waals surface area contributed by atoms with E-state index in [4.69, 9.17) is 4.74 Å². The molecule has 1 aromatic carbocycles. The SMILES string of the molecule is Cc1cccc(OCCNC2CSCC(C)(C)C2)c1. The van der Waals surface area contributed by atoms with E-state index in [1.165, 1.54) is 23.5 Å². The van der Waals surface area contributed by atoms with Crippen LogP contribution >= 0.6 is 11.8 Å². The summed E-state index contributed by atoms with van der Waals surface area (Å²) in [6, 6.07) is 8.87. The zero-order valence-electron chi connectivity index (χ0n) is 12.2. The van der Waals surface area contributed by atoms with Gasteiger partial charge < -0.3 is 10.1 Å². The molecule has 0 saturated carbocycles. The molecule has 0 bridgehead atoms. The van der Waals surface area contributed by atoms with Crippen LogP contribution < -0.4 is 10.1 Å². The summed E-state index contributed by atoms with van der Waals surface area (Å²) >= 11 is 2.06. The van der Waals surface area contributed by atoms with E-state index in [1.54, 1.807) is 0 Å². The van der Waals surface area contributed by atoms with E-state index < -0.39 is 0 Å². The number of thioether (sulfide) groups is 1. The molecule has 2 nitrogen and oxygen atoms in total. The van der Waals surface area contributed by atoms with E-state index in [0.717, 1.165) is 18.9 Å². The Bertz CT molecular complexity index is 405. The number of ether oxygens (including phenoxy) is 1. The maximum Gasteiger partial charge on any atom is 0.119 e. The Kier molecular flexibility index (Phi) is 5.17. The van der Waals surface area contributed by atoms with E-state index in [0.29, 0.717) is 11.5 Å². The van der Waals surface area contributed by atoms with Gasteiger partial charge in [-0.25, -0.2) is 0 Å². The molecular weight excluding hydrogens is 254 g/mol. The summed E-state index contributed by atoms with van der Waals surface area (Å²) in [4.78, 5) is 0. The smallest absolute Gasteiger partial charge is 0.119 e. The fourth-order valence-electron chi connectivity index (χ4n) is 2.53. The minimum Gasteiger partial charge on any atom is -0.492 e. The molecule has 1 saturated heterocycles. The molecule has 3 heteroatoms. The standard InChI is InChI=1S/C16H25NOS/c1-13-5-4-6-15(9-13)18-8-7-17-14-10-16(2,3)12-19-11-14/h4-6,9,14,17H,7-8,10-12H2,1-3H3. The van der Waals surface area contributed by atoms with E-state index in [2.05, 4.69) is 50.0 Å². The Balaban J connectivity index is 1.67. The van der Waals surface area contributed by atoms with Crippen molar-refractivity contribution in [3.63, 3.8) is 0 Å². The summed E-state index contributed by atoms with van der Waals surface area (Å²) in [6.07, 6.45) is 1.27. The van der Waals surface area contributed by atoms with Crippen LogP contribution in [0.2, 0.25) is 0 Å². The van der Waals surface area contributed by atoms with Crippen LogP contribution in [-0.2, 0) is 0 Å². The minimum atomic E-state index is 0.470. The molecule has 1 heterocycles. The summed E-state index contributed by atoms with van der Waals surface area (Å²) in [5, 5.41) is 3.62. The Morgan fingerprint density at radius 3 is 3.00 bits per heavy atom. The van der Waals surface area contributed by atoms with Gasteiger partial charge in [-0.15, -0.1) is 0 Å². The van der Waals surface area contributed by atoms with Crippen molar-refractivity contribution in [1.82, 2.24) is 5.32 Å². The molecular formula is C16H25NOS. The van der Waals surface area contributed by atoms with Gasteiger partial charge in [-0.3, -0.25) is 0 Å². The van der Waals surface area contributed by atoms with Crippen LogP contribution in [0.25, 0.3) is 0 Å². The van der Waals surface area contributed by atoms with Crippen LogP contribution in [0, 0.1) is 12.3 Å². The molecule has 106 valence electrons. The van der Waals surface area contributed by atoms with Crippen molar-refractivity contribution >= 4 is 11.8 Å². The summed E-state index contributed by atoms with van der Waals surface area (Å²) in [6.45, 7) is 8.47. The quantitative estimate of drug-likeness (QED) is 0.834. The molecule has 1 atom stereocenters. The lowest BCUT2D eigenvalue weighted by Gasteiger charge is -2.35. The predicted octanol–water partition coefficient (Wildman–Crippen LogP) is 3.50. The lowest BCUT2D eigenvalue weighted by atomic mass is 9.88. The minimum absolute atomic E-state index is 0.470. The Morgan fingerprint density at radius 2 is 2.26 bits per heavy atom. The molecule has 1 aliphatic heterocycles. The third kappa shape index (κ3) is 5.07. The van der Waals surface area contributed by atoms with Gasteiger partial charge in [-0.2, -0.15) is 11.8 Å². The average Bonchev–Trinajstić information content (AvgIpc) is 2.34. The van der Waals surface area contributed by atoms with Gasteiger partial charge in [0.25, 0.3) is 0 Å². The maximum atomic E-state index is 5.76. The van der Waals surface area contributed by atoms with Gasteiger partial charge >= 0.3 is 0 Å². The first kappa shape index (κ1) is 14.7. The molecule has 0 amide bonds. The zero-order valence-corrected chi connectivity index (χ0v) is 13.1. The molecule has 0 radical (unpaired) electrons. The predicted molar refractivity (Wildman–Crippen MR) is 84.2 cm³/mol. The van der Waals surface area contributed by atoms with Gasteiger partial charge in [0.2, 0.25) is 0 Å². The van der Waals surface area contributed by atoms with Crippen molar-refractivity contribution < 1.29 is 4.74 Å². The summed E-state index contributed by atoms with van der Waals surface area (Å²) < 4.78 is 5.76. The number of hydrogen-bond acceptors (Lipinski definition) is 3. The number of aryl methyl sites for hydroxylation is 1. The van der Waals surface area contributed by atoms with Gasteiger partial charge in [0, 0.05) is 18.3 Å². The maximum absolute atomic E-state index is 5.76. The Morgan fingerprint density at radius 1 is 1.42 bits per heavy atom. The zero-order chi connectivity index (χ0) is 13.7. The van der Waals surface area contributed by atoms with E-state index in [1.807, 2.05) is 12.1 Å². The van der Waals surface area contributed by atoms with E-state index in [9.17, 15) is 0 Å². The molecule has 1 unspecified atom stereocenters. The third-order valence-electron chi connectivity index (χ3n) is 3.40. The van der Waals surface area contributed by atoms with Gasteiger partial charge in [-0.1, -0.05) is 26.0 Å². The molecule has 2 rings (SSSR count). The lowest BCUT2D eigenvalue weighted by molar-refractivity contribution is 0.279. The van der Waals surface area contributed by atoms with Gasteiger partial charge in [0.15, 0.2) is 0 Å². The van der Waals surface area contributed by atoms with E-state index in [-0.39, 0.29) is 0 Å². The highest BCUT2D eigenvalue weighted by atomic mass is 32.2. The highest BCUT2D eigenvalue weighted by Crippen LogP contribution is 2.33. The summed E-state index contributed by atoms with van der Waals surface area (Å²) in [5.74, 6) is 3.49. The van der Waals surface area contributed by atoms with Crippen molar-refractivity contribution in [2.45, 2.75) is 33.2 Å². The van der Waals surface area contributed by atoms with Crippen LogP contribution in [0.4, 0.5) is 0 Å². The fourth-order valence-corrected chi connectivity index (χ4v) is 3.84. The van der Waals surface area contributed by atoms with Gasteiger partial charge in [0.1, 0.15) is 12.4 Å². The van der Waals surface area contributed by atoms with Crippen molar-refractivity contribution in [2.24, 2.45) is 5.41 Å². The van der Waals surface area contributed by atoms with Gasteiger partial charge in [0.05, 0.1) is 0 Å². The highest BCUT2D eigenvalue weighted by molar-refractivity contribution is 7.99. The first-order chi connectivity index (χ1) is 9.05. The molecule has 0 aliphatic carbocycles. The molecule has 19 heavy (non-hydrogen) atoms. The van der Waals surface area contributed by atoms with Crippen molar-refractivity contribution in [1.29, 1.82) is 0 Å². The van der Waals surface area contributed by atoms with Crippen LogP contribution in [0.1, 0.15) is 25.8 Å². The van der Waals surface area contributed by atoms with Gasteiger partial charge in [-0.05, 0) is 42.2 Å².